The van der Waals surface area contributed by atoms with Crippen LogP contribution >= 0.6 is 11.8 Å². The van der Waals surface area contributed by atoms with Crippen molar-refractivity contribution >= 4 is 17.7 Å². The normalized spacial score (nSPS) is 10.8. The molecule has 9 heteroatoms. The molecule has 0 saturated carbocycles. The predicted octanol–water partition coefficient (Wildman–Crippen LogP) is 4.60. The summed E-state index contributed by atoms with van der Waals surface area (Å²) < 4.78 is 18.3. The number of rotatable bonds is 9. The molecule has 0 bridgehead atoms. The van der Waals surface area contributed by atoms with Gasteiger partial charge in [-0.1, -0.05) is 42.1 Å². The summed E-state index contributed by atoms with van der Waals surface area (Å²) in [5, 5.41) is 9.41. The first-order valence-electron chi connectivity index (χ1n) is 10.7. The van der Waals surface area contributed by atoms with Gasteiger partial charge < -0.3 is 18.8 Å². The highest BCUT2D eigenvalue weighted by atomic mass is 32.2. The molecule has 2 aromatic carbocycles. The molecular formula is C25H26N4O4S. The van der Waals surface area contributed by atoms with Crippen molar-refractivity contribution in [3.05, 3.63) is 72.2 Å². The molecule has 0 fully saturated rings. The van der Waals surface area contributed by atoms with Gasteiger partial charge in [-0.25, -0.2) is 0 Å². The van der Waals surface area contributed by atoms with Gasteiger partial charge >= 0.3 is 0 Å². The van der Waals surface area contributed by atoms with Crippen molar-refractivity contribution in [1.82, 2.24) is 19.7 Å². The molecule has 2 heterocycles. The van der Waals surface area contributed by atoms with Crippen molar-refractivity contribution in [2.45, 2.75) is 18.6 Å². The van der Waals surface area contributed by atoms with E-state index in [-0.39, 0.29) is 11.7 Å². The van der Waals surface area contributed by atoms with Gasteiger partial charge in [-0.3, -0.25) is 9.36 Å². The summed E-state index contributed by atoms with van der Waals surface area (Å²) >= 11 is 1.34. The molecule has 0 aliphatic heterocycles. The second-order valence-corrected chi connectivity index (χ2v) is 8.50. The molecule has 34 heavy (non-hydrogen) atoms. The van der Waals surface area contributed by atoms with Crippen molar-refractivity contribution in [3.63, 3.8) is 0 Å². The van der Waals surface area contributed by atoms with E-state index >= 15 is 0 Å². The summed E-state index contributed by atoms with van der Waals surface area (Å²) in [6.07, 6.45) is 1.63. The van der Waals surface area contributed by atoms with Crippen LogP contribution in [-0.4, -0.2) is 52.6 Å². The maximum atomic E-state index is 13.0. The lowest BCUT2D eigenvalue weighted by Crippen LogP contribution is -2.28. The number of aromatic nitrogens is 3. The van der Waals surface area contributed by atoms with E-state index < -0.39 is 0 Å². The van der Waals surface area contributed by atoms with Crippen LogP contribution in [0, 0.1) is 6.92 Å². The molecular weight excluding hydrogens is 452 g/mol. The molecule has 0 N–H and O–H groups in total. The third kappa shape index (κ3) is 4.79. The molecule has 0 saturated heterocycles. The van der Waals surface area contributed by atoms with Crippen LogP contribution in [0.15, 0.2) is 70.4 Å². The smallest absolute Gasteiger partial charge is 0.233 e. The van der Waals surface area contributed by atoms with E-state index in [9.17, 15) is 4.79 Å². The Morgan fingerprint density at radius 3 is 2.53 bits per heavy atom. The number of carbonyl (C=O) groups is 1. The van der Waals surface area contributed by atoms with E-state index in [0.717, 1.165) is 22.6 Å². The Morgan fingerprint density at radius 2 is 1.85 bits per heavy atom. The minimum atomic E-state index is -0.0430. The largest absolute Gasteiger partial charge is 0.493 e. The van der Waals surface area contributed by atoms with Gasteiger partial charge in [0.05, 0.1) is 31.8 Å². The molecule has 0 spiro atoms. The summed E-state index contributed by atoms with van der Waals surface area (Å²) in [5.74, 6) is 2.84. The van der Waals surface area contributed by atoms with Crippen molar-refractivity contribution in [2.75, 3.05) is 27.0 Å². The highest BCUT2D eigenvalue weighted by molar-refractivity contribution is 7.99. The number of thioether (sulfide) groups is 1. The van der Waals surface area contributed by atoms with E-state index in [4.69, 9.17) is 13.9 Å². The quantitative estimate of drug-likeness (QED) is 0.325. The van der Waals surface area contributed by atoms with Crippen LogP contribution in [0.2, 0.25) is 0 Å². The van der Waals surface area contributed by atoms with Crippen LogP contribution in [-0.2, 0) is 11.3 Å². The number of aryl methyl sites for hydroxylation is 1. The first-order chi connectivity index (χ1) is 16.5. The molecule has 0 aliphatic carbocycles. The standard InChI is InChI=1S/C25H26N4O4S/c1-17-20(13-14-33-17)24-26-27-25(29(24)19-10-6-5-7-11-19)34-16-22(30)28(2)15-18-9-8-12-21(31-3)23(18)32-4/h5-14H,15-16H2,1-4H3. The highest BCUT2D eigenvalue weighted by Crippen LogP contribution is 2.32. The second kappa shape index (κ2) is 10.5. The number of furan rings is 1. The number of ether oxygens (including phenoxy) is 2. The number of amides is 1. The fraction of sp³-hybridized carbons (Fsp3) is 0.240. The fourth-order valence-corrected chi connectivity index (χ4v) is 4.52. The van der Waals surface area contributed by atoms with Gasteiger partial charge in [0, 0.05) is 24.8 Å². The molecule has 0 aliphatic rings. The summed E-state index contributed by atoms with van der Waals surface area (Å²) in [4.78, 5) is 14.6. The number of benzene rings is 2. The molecule has 0 atom stereocenters. The zero-order valence-corrected chi connectivity index (χ0v) is 20.3. The zero-order valence-electron chi connectivity index (χ0n) is 19.5. The van der Waals surface area contributed by atoms with Gasteiger partial charge in [-0.05, 0) is 31.2 Å². The number of para-hydroxylation sites is 2. The van der Waals surface area contributed by atoms with E-state index in [2.05, 4.69) is 10.2 Å². The minimum Gasteiger partial charge on any atom is -0.493 e. The van der Waals surface area contributed by atoms with Gasteiger partial charge in [-0.15, -0.1) is 10.2 Å². The van der Waals surface area contributed by atoms with Crippen LogP contribution in [0.1, 0.15) is 11.3 Å². The third-order valence-electron chi connectivity index (χ3n) is 5.39. The molecule has 8 nitrogen and oxygen atoms in total. The Bertz CT molecular complexity index is 1270. The third-order valence-corrected chi connectivity index (χ3v) is 6.30. The van der Waals surface area contributed by atoms with E-state index in [1.807, 2.05) is 66.1 Å². The van der Waals surface area contributed by atoms with Crippen LogP contribution in [0.4, 0.5) is 0 Å². The SMILES string of the molecule is COc1cccc(CN(C)C(=O)CSc2nnc(-c3ccoc3C)n2-c2ccccc2)c1OC. The Morgan fingerprint density at radius 1 is 1.06 bits per heavy atom. The average molecular weight is 479 g/mol. The van der Waals surface area contributed by atoms with E-state index in [0.29, 0.717) is 29.0 Å². The Kier molecular flexibility index (Phi) is 7.22. The van der Waals surface area contributed by atoms with Crippen molar-refractivity contribution in [2.24, 2.45) is 0 Å². The lowest BCUT2D eigenvalue weighted by Gasteiger charge is -2.20. The Balaban J connectivity index is 1.53. The monoisotopic (exact) mass is 478 g/mol. The predicted molar refractivity (Wildman–Crippen MR) is 131 cm³/mol. The molecule has 4 aromatic rings. The van der Waals surface area contributed by atoms with Crippen LogP contribution < -0.4 is 9.47 Å². The molecule has 0 unspecified atom stereocenters. The van der Waals surface area contributed by atoms with Crippen LogP contribution in [0.3, 0.4) is 0 Å². The van der Waals surface area contributed by atoms with Crippen LogP contribution in [0.5, 0.6) is 11.5 Å². The number of hydrogen-bond acceptors (Lipinski definition) is 7. The molecule has 0 radical (unpaired) electrons. The lowest BCUT2D eigenvalue weighted by atomic mass is 10.1. The Labute approximate surface area is 202 Å². The number of methoxy groups -OCH3 is 2. The number of carbonyl (C=O) groups excluding carboxylic acids is 1. The summed E-state index contributed by atoms with van der Waals surface area (Å²) in [5.41, 5.74) is 2.64. The molecule has 176 valence electrons. The maximum Gasteiger partial charge on any atom is 0.233 e. The molecule has 2 aromatic heterocycles. The average Bonchev–Trinajstić information content (AvgIpc) is 3.48. The number of nitrogens with zero attached hydrogens (tertiary/aromatic N) is 4. The lowest BCUT2D eigenvalue weighted by molar-refractivity contribution is -0.127. The van der Waals surface area contributed by atoms with Crippen molar-refractivity contribution in [1.29, 1.82) is 0 Å². The second-order valence-electron chi connectivity index (χ2n) is 7.56. The number of hydrogen-bond donors (Lipinski definition) is 0. The first-order valence-corrected chi connectivity index (χ1v) is 11.6. The fourth-order valence-electron chi connectivity index (χ4n) is 3.62. The summed E-state index contributed by atoms with van der Waals surface area (Å²) in [6, 6.07) is 17.3. The summed E-state index contributed by atoms with van der Waals surface area (Å²) in [6.45, 7) is 2.28. The minimum absolute atomic E-state index is 0.0430. The highest BCUT2D eigenvalue weighted by Gasteiger charge is 2.21. The van der Waals surface area contributed by atoms with Crippen molar-refractivity contribution < 1.29 is 18.7 Å². The van der Waals surface area contributed by atoms with Gasteiger partial charge in [-0.2, -0.15) is 0 Å². The first kappa shape index (κ1) is 23.4. The van der Waals surface area contributed by atoms with Gasteiger partial charge in [0.2, 0.25) is 5.91 Å². The van der Waals surface area contributed by atoms with Gasteiger partial charge in [0.1, 0.15) is 5.76 Å². The van der Waals surface area contributed by atoms with Gasteiger partial charge in [0.15, 0.2) is 22.5 Å². The summed E-state index contributed by atoms with van der Waals surface area (Å²) in [7, 11) is 4.95. The topological polar surface area (TPSA) is 82.6 Å². The molecule has 4 rings (SSSR count). The van der Waals surface area contributed by atoms with Crippen LogP contribution in [0.25, 0.3) is 17.1 Å². The van der Waals surface area contributed by atoms with Gasteiger partial charge in [0.25, 0.3) is 0 Å². The van der Waals surface area contributed by atoms with E-state index in [1.54, 1.807) is 32.4 Å². The Hall–Kier alpha value is -3.72. The van der Waals surface area contributed by atoms with Crippen molar-refractivity contribution in [3.8, 4) is 28.6 Å². The zero-order chi connectivity index (χ0) is 24.1. The maximum absolute atomic E-state index is 13.0. The van der Waals surface area contributed by atoms with E-state index in [1.165, 1.54) is 11.8 Å². The molecule has 1 amide bonds.